The van der Waals surface area contributed by atoms with Gasteiger partial charge in [0, 0.05) is 54.4 Å². The van der Waals surface area contributed by atoms with Gasteiger partial charge in [-0.1, -0.05) is 60.7 Å². The van der Waals surface area contributed by atoms with E-state index in [1.807, 2.05) is 70.1 Å². The topological polar surface area (TPSA) is 82.8 Å². The number of fused-ring (bicyclic) bond motifs is 1. The van der Waals surface area contributed by atoms with Crippen LogP contribution in [0.3, 0.4) is 0 Å². The van der Waals surface area contributed by atoms with Crippen LogP contribution in [0.25, 0.3) is 10.9 Å². The largest absolute Gasteiger partial charge is 0.477 e. The molecule has 0 bridgehead atoms. The highest BCUT2D eigenvalue weighted by Gasteiger charge is 2.32. The summed E-state index contributed by atoms with van der Waals surface area (Å²) in [6.07, 6.45) is 3.58. The van der Waals surface area contributed by atoms with Gasteiger partial charge in [0.1, 0.15) is 11.4 Å². The minimum atomic E-state index is -2.91. The first-order valence-electron chi connectivity index (χ1n) is 13.1. The van der Waals surface area contributed by atoms with Crippen LogP contribution in [0.15, 0.2) is 83.8 Å². The molecule has 0 unspecified atom stereocenters. The molecule has 0 radical (unpaired) electrons. The summed E-state index contributed by atoms with van der Waals surface area (Å²) in [5.74, 6) is -1.85. The van der Waals surface area contributed by atoms with Gasteiger partial charge in [0.25, 0.3) is 0 Å². The molecule has 200 valence electrons. The summed E-state index contributed by atoms with van der Waals surface area (Å²) in [5, 5.41) is 11.2. The summed E-state index contributed by atoms with van der Waals surface area (Å²) in [6, 6.07) is 22.1. The van der Waals surface area contributed by atoms with E-state index in [4.69, 9.17) is 0 Å². The highest BCUT2D eigenvalue weighted by Crippen LogP contribution is 2.44. The van der Waals surface area contributed by atoms with Crippen molar-refractivity contribution >= 4 is 40.3 Å². The lowest BCUT2D eigenvalue weighted by molar-refractivity contribution is 0.0695. The van der Waals surface area contributed by atoms with Crippen molar-refractivity contribution in [3.8, 4) is 0 Å². The Labute approximate surface area is 225 Å². The van der Waals surface area contributed by atoms with Crippen molar-refractivity contribution in [1.82, 2.24) is 9.47 Å². The van der Waals surface area contributed by atoms with Gasteiger partial charge in [0.05, 0.1) is 17.5 Å². The SMILES string of the molecule is O=C(O)c1cn(C2CC2)c2cc(N3CCN(CP(=O)(c4ccccc4)c4ccccc4)CC3)c(F)cc2c1=O. The van der Waals surface area contributed by atoms with E-state index in [-0.39, 0.29) is 17.0 Å². The first-order valence-corrected chi connectivity index (χ1v) is 15.0. The molecular formula is C30H29FN3O4P. The number of aromatic nitrogens is 1. The van der Waals surface area contributed by atoms with Crippen molar-refractivity contribution in [3.05, 3.63) is 101 Å². The van der Waals surface area contributed by atoms with Crippen molar-refractivity contribution in [1.29, 1.82) is 0 Å². The van der Waals surface area contributed by atoms with Gasteiger partial charge in [-0.25, -0.2) is 9.18 Å². The number of carboxylic acids is 1. The molecule has 1 saturated carbocycles. The van der Waals surface area contributed by atoms with Gasteiger partial charge in [0.2, 0.25) is 5.43 Å². The van der Waals surface area contributed by atoms with Crippen LogP contribution < -0.4 is 20.9 Å². The van der Waals surface area contributed by atoms with Crippen LogP contribution >= 0.6 is 7.14 Å². The zero-order valence-electron chi connectivity index (χ0n) is 21.4. The second-order valence-corrected chi connectivity index (χ2v) is 13.1. The van der Waals surface area contributed by atoms with Crippen molar-refractivity contribution in [3.63, 3.8) is 0 Å². The van der Waals surface area contributed by atoms with Crippen LogP contribution in [0, 0.1) is 5.82 Å². The van der Waals surface area contributed by atoms with Crippen molar-refractivity contribution in [2.24, 2.45) is 0 Å². The van der Waals surface area contributed by atoms with E-state index in [9.17, 15) is 19.3 Å². The van der Waals surface area contributed by atoms with E-state index in [2.05, 4.69) is 4.90 Å². The van der Waals surface area contributed by atoms with Gasteiger partial charge in [-0.3, -0.25) is 9.69 Å². The van der Waals surface area contributed by atoms with Crippen LogP contribution in [0.5, 0.6) is 0 Å². The fourth-order valence-corrected chi connectivity index (χ4v) is 8.25. The van der Waals surface area contributed by atoms with Gasteiger partial charge < -0.3 is 19.1 Å². The Morgan fingerprint density at radius 3 is 2.05 bits per heavy atom. The van der Waals surface area contributed by atoms with E-state index in [0.29, 0.717) is 43.7 Å². The number of nitrogens with zero attached hydrogens (tertiary/aromatic N) is 3. The maximum Gasteiger partial charge on any atom is 0.341 e. The average molecular weight is 546 g/mol. The Balaban J connectivity index is 1.27. The molecule has 9 heteroatoms. The number of hydrogen-bond acceptors (Lipinski definition) is 5. The molecular weight excluding hydrogens is 516 g/mol. The normalized spacial score (nSPS) is 16.5. The monoisotopic (exact) mass is 545 g/mol. The lowest BCUT2D eigenvalue weighted by Crippen LogP contribution is -2.47. The third kappa shape index (κ3) is 4.79. The molecule has 6 rings (SSSR count). The molecule has 2 fully saturated rings. The Morgan fingerprint density at radius 2 is 1.51 bits per heavy atom. The molecule has 1 aromatic heterocycles. The average Bonchev–Trinajstić information content (AvgIpc) is 3.80. The van der Waals surface area contributed by atoms with E-state index < -0.39 is 24.4 Å². The lowest BCUT2D eigenvalue weighted by atomic mass is 10.1. The fourth-order valence-electron chi connectivity index (χ4n) is 5.47. The molecule has 2 heterocycles. The predicted octanol–water partition coefficient (Wildman–Crippen LogP) is 4.27. The zero-order chi connectivity index (χ0) is 27.1. The molecule has 1 aliphatic heterocycles. The predicted molar refractivity (Wildman–Crippen MR) is 152 cm³/mol. The summed E-state index contributed by atoms with van der Waals surface area (Å²) < 4.78 is 31.7. The van der Waals surface area contributed by atoms with Crippen molar-refractivity contribution in [2.75, 3.05) is 37.4 Å². The number of carbonyl (C=O) groups is 1. The minimum Gasteiger partial charge on any atom is -0.477 e. The van der Waals surface area contributed by atoms with Gasteiger partial charge in [-0.15, -0.1) is 0 Å². The zero-order valence-corrected chi connectivity index (χ0v) is 22.3. The smallest absolute Gasteiger partial charge is 0.341 e. The van der Waals surface area contributed by atoms with Crippen molar-refractivity contribution < 1.29 is 18.9 Å². The molecule has 7 nitrogen and oxygen atoms in total. The molecule has 3 aromatic carbocycles. The number of rotatable bonds is 7. The standard InChI is InChI=1S/C30H29FN3O4P/c31-26-17-24-27(34(21-11-12-21)19-25(29(24)35)30(36)37)18-28(26)33-15-13-32(14-16-33)20-39(38,22-7-3-1-4-8-22)23-9-5-2-6-10-23/h1-10,17-19,21H,11-16,20H2,(H,36,37). The van der Waals surface area contributed by atoms with Gasteiger partial charge in [-0.05, 0) is 25.0 Å². The second-order valence-electron chi connectivity index (χ2n) is 10.3. The van der Waals surface area contributed by atoms with Crippen LogP contribution in [-0.4, -0.2) is 53.0 Å². The highest BCUT2D eigenvalue weighted by molar-refractivity contribution is 7.78. The molecule has 39 heavy (non-hydrogen) atoms. The van der Waals surface area contributed by atoms with E-state index >= 15 is 4.39 Å². The Kier molecular flexibility index (Phi) is 6.61. The van der Waals surface area contributed by atoms with Gasteiger partial charge in [-0.2, -0.15) is 0 Å². The third-order valence-corrected chi connectivity index (χ3v) is 10.8. The van der Waals surface area contributed by atoms with Gasteiger partial charge >= 0.3 is 5.97 Å². The number of carboxylic acid groups (broad SMARTS) is 1. The molecule has 0 atom stereocenters. The Hall–Kier alpha value is -3.74. The molecule has 4 aromatic rings. The number of piperazine rings is 1. The first kappa shape index (κ1) is 25.5. The van der Waals surface area contributed by atoms with Gasteiger partial charge in [0.15, 0.2) is 7.14 Å². The Morgan fingerprint density at radius 1 is 0.923 bits per heavy atom. The van der Waals surface area contributed by atoms with E-state index in [1.54, 1.807) is 6.07 Å². The maximum absolute atomic E-state index is 15.4. The molecule has 0 amide bonds. The maximum atomic E-state index is 15.4. The summed E-state index contributed by atoms with van der Waals surface area (Å²) in [4.78, 5) is 28.6. The van der Waals surface area contributed by atoms with Crippen molar-refractivity contribution in [2.45, 2.75) is 18.9 Å². The summed E-state index contributed by atoms with van der Waals surface area (Å²) in [7, 11) is -2.91. The fraction of sp³-hybridized carbons (Fsp3) is 0.267. The molecule has 2 aliphatic rings. The third-order valence-electron chi connectivity index (χ3n) is 7.73. The summed E-state index contributed by atoms with van der Waals surface area (Å²) in [6.45, 7) is 2.28. The number of aromatic carboxylic acids is 1. The van der Waals surface area contributed by atoms with Crippen LogP contribution in [0.2, 0.25) is 0 Å². The van der Waals surface area contributed by atoms with E-state index in [0.717, 1.165) is 23.5 Å². The first-order chi connectivity index (χ1) is 18.8. The highest BCUT2D eigenvalue weighted by atomic mass is 31.2. The second kappa shape index (κ2) is 10.1. The molecule has 0 spiro atoms. The number of anilines is 1. The Bertz CT molecular complexity index is 1600. The number of benzene rings is 3. The summed E-state index contributed by atoms with van der Waals surface area (Å²) in [5.41, 5.74) is -0.0454. The molecule has 1 N–H and O–H groups in total. The quantitative estimate of drug-likeness (QED) is 0.350. The van der Waals surface area contributed by atoms with Crippen LogP contribution in [0.1, 0.15) is 29.2 Å². The number of halogens is 1. The number of hydrogen-bond donors (Lipinski definition) is 1. The van der Waals surface area contributed by atoms with Crippen LogP contribution in [0.4, 0.5) is 10.1 Å². The molecule has 1 saturated heterocycles. The van der Waals surface area contributed by atoms with Crippen LogP contribution in [-0.2, 0) is 4.57 Å². The molecule has 1 aliphatic carbocycles. The number of pyridine rings is 1. The lowest BCUT2D eigenvalue weighted by Gasteiger charge is -2.38. The minimum absolute atomic E-state index is 0.0911. The van der Waals surface area contributed by atoms with E-state index in [1.165, 1.54) is 12.3 Å². The summed E-state index contributed by atoms with van der Waals surface area (Å²) >= 11 is 0.